The number of aromatic nitrogens is 3. The van der Waals surface area contributed by atoms with E-state index in [-0.39, 0.29) is 0 Å². The Morgan fingerprint density at radius 3 is 2.50 bits per heavy atom. The summed E-state index contributed by atoms with van der Waals surface area (Å²) in [5.41, 5.74) is 0. The van der Waals surface area contributed by atoms with Crippen LogP contribution in [0.2, 0.25) is 6.04 Å². The molecule has 16 heavy (non-hydrogen) atoms. The third-order valence-corrected chi connectivity index (χ3v) is 5.99. The Bertz CT molecular complexity index is 274. The number of rotatable bonds is 8. The minimum absolute atomic E-state index is 0.803. The van der Waals surface area contributed by atoms with Gasteiger partial charge < -0.3 is 13.3 Å². The van der Waals surface area contributed by atoms with E-state index in [0.717, 1.165) is 23.4 Å². The van der Waals surface area contributed by atoms with Gasteiger partial charge in [0.25, 0.3) is 0 Å². The molecule has 0 saturated carbocycles. The lowest BCUT2D eigenvalue weighted by Crippen LogP contribution is -2.42. The Kier molecular flexibility index (Phi) is 5.99. The van der Waals surface area contributed by atoms with Crippen LogP contribution in [0.1, 0.15) is 6.42 Å². The van der Waals surface area contributed by atoms with Crippen molar-refractivity contribution in [1.29, 1.82) is 0 Å². The predicted molar refractivity (Wildman–Crippen MR) is 63.3 cm³/mol. The number of thioether (sulfide) groups is 1. The summed E-state index contributed by atoms with van der Waals surface area (Å²) in [5.74, 6) is 0.931. The lowest BCUT2D eigenvalue weighted by molar-refractivity contribution is 0.123. The van der Waals surface area contributed by atoms with Crippen LogP contribution in [0.3, 0.4) is 0 Å². The summed E-state index contributed by atoms with van der Waals surface area (Å²) in [5, 5.41) is 7.40. The Morgan fingerprint density at radius 1 is 1.31 bits per heavy atom. The molecule has 0 aromatic carbocycles. The highest BCUT2D eigenvalue weighted by molar-refractivity contribution is 7.99. The molecule has 92 valence electrons. The molecule has 0 amide bonds. The SMILES string of the molecule is CO[Si](CCCSc1ncn[nH]1)(OC)OC. The van der Waals surface area contributed by atoms with Gasteiger partial charge in [-0.25, -0.2) is 4.98 Å². The third kappa shape index (κ3) is 3.87. The summed E-state index contributed by atoms with van der Waals surface area (Å²) >= 11 is 1.63. The van der Waals surface area contributed by atoms with Gasteiger partial charge in [-0.15, -0.1) is 0 Å². The number of hydrogen-bond acceptors (Lipinski definition) is 6. The average molecular weight is 263 g/mol. The molecule has 0 aliphatic rings. The fraction of sp³-hybridized carbons (Fsp3) is 0.750. The Morgan fingerprint density at radius 2 is 2.00 bits per heavy atom. The lowest BCUT2D eigenvalue weighted by Gasteiger charge is -2.23. The molecule has 0 bridgehead atoms. The van der Waals surface area contributed by atoms with Crippen molar-refractivity contribution in [2.45, 2.75) is 17.6 Å². The first kappa shape index (κ1) is 13.7. The number of hydrogen-bond donors (Lipinski definition) is 1. The normalized spacial score (nSPS) is 11.9. The molecule has 1 aromatic heterocycles. The van der Waals surface area contributed by atoms with Crippen LogP contribution in [-0.2, 0) is 13.3 Å². The molecule has 6 nitrogen and oxygen atoms in total. The lowest BCUT2D eigenvalue weighted by atomic mass is 10.6. The quantitative estimate of drug-likeness (QED) is 0.431. The van der Waals surface area contributed by atoms with Gasteiger partial charge in [-0.1, -0.05) is 11.8 Å². The van der Waals surface area contributed by atoms with E-state index in [4.69, 9.17) is 13.3 Å². The molecule has 1 heterocycles. The zero-order chi connectivity index (χ0) is 11.9. The average Bonchev–Trinajstić information content (AvgIpc) is 2.83. The van der Waals surface area contributed by atoms with Crippen LogP contribution in [0.25, 0.3) is 0 Å². The predicted octanol–water partition coefficient (Wildman–Crippen LogP) is 1.16. The first-order valence-electron chi connectivity index (χ1n) is 4.90. The second kappa shape index (κ2) is 7.02. The largest absolute Gasteiger partial charge is 0.500 e. The van der Waals surface area contributed by atoms with Crippen LogP contribution in [0.4, 0.5) is 0 Å². The van der Waals surface area contributed by atoms with Gasteiger partial charge in [0.2, 0.25) is 0 Å². The van der Waals surface area contributed by atoms with E-state index in [1.165, 1.54) is 6.33 Å². The van der Waals surface area contributed by atoms with Crippen molar-refractivity contribution in [2.75, 3.05) is 27.1 Å². The van der Waals surface area contributed by atoms with Crippen molar-refractivity contribution < 1.29 is 13.3 Å². The molecule has 1 aromatic rings. The zero-order valence-electron chi connectivity index (χ0n) is 9.73. The van der Waals surface area contributed by atoms with Crippen molar-refractivity contribution >= 4 is 20.6 Å². The molecule has 0 aliphatic carbocycles. The maximum atomic E-state index is 5.32. The van der Waals surface area contributed by atoms with Crippen LogP contribution >= 0.6 is 11.8 Å². The molecule has 1 rings (SSSR count). The topological polar surface area (TPSA) is 69.3 Å². The highest BCUT2D eigenvalue weighted by atomic mass is 32.2. The molecule has 1 N–H and O–H groups in total. The van der Waals surface area contributed by atoms with Gasteiger partial charge >= 0.3 is 8.80 Å². The monoisotopic (exact) mass is 263 g/mol. The minimum Gasteiger partial charge on any atom is -0.377 e. The minimum atomic E-state index is -2.40. The van der Waals surface area contributed by atoms with Gasteiger partial charge in [0.1, 0.15) is 6.33 Å². The van der Waals surface area contributed by atoms with Crippen LogP contribution in [-0.4, -0.2) is 51.1 Å². The molecular weight excluding hydrogens is 246 g/mol. The molecule has 0 saturated heterocycles. The highest BCUT2D eigenvalue weighted by Crippen LogP contribution is 2.19. The third-order valence-electron chi connectivity index (χ3n) is 2.19. The first-order valence-corrected chi connectivity index (χ1v) is 7.81. The van der Waals surface area contributed by atoms with Crippen molar-refractivity contribution in [2.24, 2.45) is 0 Å². The van der Waals surface area contributed by atoms with Gasteiger partial charge in [-0.3, -0.25) is 5.10 Å². The Labute approximate surface area is 100 Å². The molecule has 8 heteroatoms. The second-order valence-electron chi connectivity index (χ2n) is 3.04. The van der Waals surface area contributed by atoms with Gasteiger partial charge in [-0.05, 0) is 6.42 Å². The fourth-order valence-electron chi connectivity index (χ4n) is 1.28. The maximum Gasteiger partial charge on any atom is 0.500 e. The zero-order valence-corrected chi connectivity index (χ0v) is 11.5. The maximum absolute atomic E-state index is 5.32. The second-order valence-corrected chi connectivity index (χ2v) is 7.21. The van der Waals surface area contributed by atoms with Crippen molar-refractivity contribution in [3.8, 4) is 0 Å². The number of H-pyrrole nitrogens is 1. The van der Waals surface area contributed by atoms with E-state index in [1.807, 2.05) is 0 Å². The summed E-state index contributed by atoms with van der Waals surface area (Å²) in [6, 6.07) is 0.803. The van der Waals surface area contributed by atoms with Crippen LogP contribution in [0.5, 0.6) is 0 Å². The fourth-order valence-corrected chi connectivity index (χ4v) is 3.98. The molecule has 0 unspecified atom stereocenters. The highest BCUT2D eigenvalue weighted by Gasteiger charge is 2.36. The first-order chi connectivity index (χ1) is 7.76. The molecular formula is C8H17N3O3SSi. The summed E-state index contributed by atoms with van der Waals surface area (Å²) in [6.07, 6.45) is 2.45. The van der Waals surface area contributed by atoms with Gasteiger partial charge in [0, 0.05) is 33.1 Å². The number of aromatic amines is 1. The number of nitrogens with zero attached hydrogens (tertiary/aromatic N) is 2. The molecule has 0 spiro atoms. The van der Waals surface area contributed by atoms with E-state index in [0.29, 0.717) is 0 Å². The van der Waals surface area contributed by atoms with E-state index in [9.17, 15) is 0 Å². The van der Waals surface area contributed by atoms with Crippen LogP contribution in [0, 0.1) is 0 Å². The number of nitrogens with one attached hydrogen (secondary N) is 1. The van der Waals surface area contributed by atoms with E-state index >= 15 is 0 Å². The van der Waals surface area contributed by atoms with Crippen molar-refractivity contribution in [1.82, 2.24) is 15.2 Å². The standard InChI is InChI=1S/C8H17N3O3SSi/c1-12-16(13-2,14-3)6-4-5-15-8-9-7-10-11-8/h7H,4-6H2,1-3H3,(H,9,10,11). The van der Waals surface area contributed by atoms with Gasteiger partial charge in [0.15, 0.2) is 5.16 Å². The van der Waals surface area contributed by atoms with Crippen molar-refractivity contribution in [3.63, 3.8) is 0 Å². The van der Waals surface area contributed by atoms with Crippen LogP contribution < -0.4 is 0 Å². The van der Waals surface area contributed by atoms with Crippen LogP contribution in [0.15, 0.2) is 11.5 Å². The summed E-state index contributed by atoms with van der Waals surface area (Å²) < 4.78 is 16.0. The van der Waals surface area contributed by atoms with E-state index in [1.54, 1.807) is 33.1 Å². The summed E-state index contributed by atoms with van der Waals surface area (Å²) in [6.45, 7) is 0. The molecule has 0 fully saturated rings. The van der Waals surface area contributed by atoms with Gasteiger partial charge in [-0.2, -0.15) is 5.10 Å². The van der Waals surface area contributed by atoms with E-state index < -0.39 is 8.80 Å². The van der Waals surface area contributed by atoms with Gasteiger partial charge in [0.05, 0.1) is 0 Å². The summed E-state index contributed by atoms with van der Waals surface area (Å²) in [7, 11) is 2.48. The smallest absolute Gasteiger partial charge is 0.377 e. The summed E-state index contributed by atoms with van der Waals surface area (Å²) in [4.78, 5) is 4.02. The van der Waals surface area contributed by atoms with Crippen molar-refractivity contribution in [3.05, 3.63) is 6.33 Å². The Hall–Kier alpha value is -0.413. The molecule has 0 atom stereocenters. The Balaban J connectivity index is 2.23. The van der Waals surface area contributed by atoms with E-state index in [2.05, 4.69) is 15.2 Å². The molecule has 0 radical (unpaired) electrons. The molecule has 0 aliphatic heterocycles.